The molecule has 5 heteroatoms. The van der Waals surface area contributed by atoms with Crippen molar-refractivity contribution >= 4 is 5.96 Å². The van der Waals surface area contributed by atoms with Gasteiger partial charge in [0.25, 0.3) is 0 Å². The van der Waals surface area contributed by atoms with E-state index in [0.717, 1.165) is 63.7 Å². The first-order valence-corrected chi connectivity index (χ1v) is 8.59. The molecule has 0 aliphatic carbocycles. The number of ether oxygens (including phenoxy) is 2. The zero-order chi connectivity index (χ0) is 16.3. The van der Waals surface area contributed by atoms with Crippen LogP contribution in [-0.2, 0) is 11.3 Å². The Morgan fingerprint density at radius 1 is 1.39 bits per heavy atom. The Bertz CT molecular complexity index is 485. The molecule has 23 heavy (non-hydrogen) atoms. The molecular formula is C18H29N3O2. The lowest BCUT2D eigenvalue weighted by atomic mass is 10.2. The predicted molar refractivity (Wildman–Crippen MR) is 94.0 cm³/mol. The van der Waals surface area contributed by atoms with Gasteiger partial charge in [-0.15, -0.1) is 0 Å². The molecule has 1 aromatic carbocycles. The number of unbranched alkanes of at least 4 members (excludes halogenated alkanes) is 1. The average Bonchev–Trinajstić information content (AvgIpc) is 3.09. The van der Waals surface area contributed by atoms with E-state index in [1.807, 2.05) is 12.1 Å². The molecule has 1 aromatic rings. The van der Waals surface area contributed by atoms with Crippen molar-refractivity contribution in [3.8, 4) is 5.75 Å². The number of hydrogen-bond donors (Lipinski definition) is 2. The van der Waals surface area contributed by atoms with E-state index in [1.165, 1.54) is 5.56 Å². The molecule has 0 bridgehead atoms. The second-order valence-electron chi connectivity index (χ2n) is 5.79. The number of benzene rings is 1. The van der Waals surface area contributed by atoms with Gasteiger partial charge in [-0.2, -0.15) is 0 Å². The summed E-state index contributed by atoms with van der Waals surface area (Å²) in [6, 6.07) is 8.20. The van der Waals surface area contributed by atoms with Crippen molar-refractivity contribution in [3.63, 3.8) is 0 Å². The Morgan fingerprint density at radius 2 is 2.30 bits per heavy atom. The van der Waals surface area contributed by atoms with Crippen LogP contribution < -0.4 is 15.4 Å². The van der Waals surface area contributed by atoms with Crippen LogP contribution in [0.5, 0.6) is 5.75 Å². The molecule has 0 amide bonds. The van der Waals surface area contributed by atoms with E-state index in [9.17, 15) is 0 Å². The van der Waals surface area contributed by atoms with Gasteiger partial charge < -0.3 is 20.1 Å². The van der Waals surface area contributed by atoms with Crippen molar-refractivity contribution in [2.24, 2.45) is 4.99 Å². The number of guanidine groups is 1. The number of hydrogen-bond acceptors (Lipinski definition) is 3. The lowest BCUT2D eigenvalue weighted by Crippen LogP contribution is -2.40. The van der Waals surface area contributed by atoms with E-state index >= 15 is 0 Å². The highest BCUT2D eigenvalue weighted by atomic mass is 16.5. The largest absolute Gasteiger partial charge is 0.494 e. The van der Waals surface area contributed by atoms with E-state index in [1.54, 1.807) is 7.05 Å². The molecule has 1 atom stereocenters. The van der Waals surface area contributed by atoms with Gasteiger partial charge in [-0.05, 0) is 37.0 Å². The summed E-state index contributed by atoms with van der Waals surface area (Å²) in [6.07, 6.45) is 4.82. The third kappa shape index (κ3) is 6.48. The molecule has 0 saturated carbocycles. The minimum absolute atomic E-state index is 0.309. The topological polar surface area (TPSA) is 54.9 Å². The molecule has 128 valence electrons. The summed E-state index contributed by atoms with van der Waals surface area (Å²) in [6.45, 7) is 5.34. The monoisotopic (exact) mass is 319 g/mol. The summed E-state index contributed by atoms with van der Waals surface area (Å²) in [7, 11) is 1.79. The lowest BCUT2D eigenvalue weighted by Gasteiger charge is -2.15. The van der Waals surface area contributed by atoms with Crippen LogP contribution >= 0.6 is 0 Å². The molecule has 1 aliphatic rings. The molecule has 0 radical (unpaired) electrons. The van der Waals surface area contributed by atoms with Crippen LogP contribution in [0, 0.1) is 0 Å². The van der Waals surface area contributed by atoms with Crippen LogP contribution in [0.1, 0.15) is 38.2 Å². The van der Waals surface area contributed by atoms with Crippen LogP contribution in [0.15, 0.2) is 29.3 Å². The summed E-state index contributed by atoms with van der Waals surface area (Å²) < 4.78 is 11.4. The maximum Gasteiger partial charge on any atom is 0.191 e. The van der Waals surface area contributed by atoms with E-state index in [0.29, 0.717) is 6.10 Å². The van der Waals surface area contributed by atoms with Gasteiger partial charge in [0, 0.05) is 26.7 Å². The standard InChI is InChI=1S/C18H29N3O2/c1-3-4-10-22-16-8-5-7-15(12-16)13-20-18(19-2)21-14-17-9-6-11-23-17/h5,7-8,12,17H,3-4,6,9-11,13-14H2,1-2H3,(H2,19,20,21). The van der Waals surface area contributed by atoms with Gasteiger partial charge in [-0.25, -0.2) is 0 Å². The van der Waals surface area contributed by atoms with Crippen LogP contribution in [-0.4, -0.2) is 38.9 Å². The molecule has 1 unspecified atom stereocenters. The average molecular weight is 319 g/mol. The third-order valence-electron chi connectivity index (χ3n) is 3.87. The van der Waals surface area contributed by atoms with Crippen molar-refractivity contribution in [2.75, 3.05) is 26.8 Å². The van der Waals surface area contributed by atoms with Gasteiger partial charge in [0.1, 0.15) is 5.75 Å². The second kappa shape index (κ2) is 10.1. The van der Waals surface area contributed by atoms with Gasteiger partial charge >= 0.3 is 0 Å². The number of rotatable bonds is 8. The summed E-state index contributed by atoms with van der Waals surface area (Å²) in [5.74, 6) is 1.73. The third-order valence-corrected chi connectivity index (χ3v) is 3.87. The highest BCUT2D eigenvalue weighted by molar-refractivity contribution is 5.79. The molecule has 1 aliphatic heterocycles. The molecule has 0 aromatic heterocycles. The minimum atomic E-state index is 0.309. The Labute approximate surface area is 139 Å². The maximum atomic E-state index is 5.75. The van der Waals surface area contributed by atoms with Crippen LogP contribution in [0.4, 0.5) is 0 Å². The predicted octanol–water partition coefficient (Wildman–Crippen LogP) is 2.71. The number of nitrogens with one attached hydrogen (secondary N) is 2. The number of aliphatic imine (C=N–C) groups is 1. The Hall–Kier alpha value is -1.75. The quantitative estimate of drug-likeness (QED) is 0.439. The van der Waals surface area contributed by atoms with Crippen LogP contribution in [0.3, 0.4) is 0 Å². The Balaban J connectivity index is 1.75. The maximum absolute atomic E-state index is 5.75. The fourth-order valence-corrected chi connectivity index (χ4v) is 2.50. The van der Waals surface area contributed by atoms with Gasteiger partial charge in [-0.3, -0.25) is 4.99 Å². The summed E-state index contributed by atoms with van der Waals surface area (Å²) in [4.78, 5) is 4.25. The van der Waals surface area contributed by atoms with Crippen molar-refractivity contribution in [1.29, 1.82) is 0 Å². The molecule has 2 rings (SSSR count). The molecule has 1 saturated heterocycles. The highest BCUT2D eigenvalue weighted by Gasteiger charge is 2.15. The normalized spacial score (nSPS) is 18.0. The molecule has 1 heterocycles. The first kappa shape index (κ1) is 17.6. The van der Waals surface area contributed by atoms with E-state index in [-0.39, 0.29) is 0 Å². The smallest absolute Gasteiger partial charge is 0.191 e. The molecular weight excluding hydrogens is 290 g/mol. The van der Waals surface area contributed by atoms with Crippen LogP contribution in [0.2, 0.25) is 0 Å². The SMILES string of the molecule is CCCCOc1cccc(CNC(=NC)NCC2CCCO2)c1. The first-order chi connectivity index (χ1) is 11.3. The van der Waals surface area contributed by atoms with Gasteiger partial charge in [0.05, 0.1) is 12.7 Å². The van der Waals surface area contributed by atoms with Crippen LogP contribution in [0.25, 0.3) is 0 Å². The zero-order valence-corrected chi connectivity index (χ0v) is 14.3. The van der Waals surface area contributed by atoms with Crippen molar-refractivity contribution in [1.82, 2.24) is 10.6 Å². The summed E-state index contributed by atoms with van der Waals surface area (Å²) in [5.41, 5.74) is 1.18. The van der Waals surface area contributed by atoms with Crippen molar-refractivity contribution in [3.05, 3.63) is 29.8 Å². The Morgan fingerprint density at radius 3 is 3.04 bits per heavy atom. The fraction of sp³-hybridized carbons (Fsp3) is 0.611. The van der Waals surface area contributed by atoms with E-state index < -0.39 is 0 Å². The van der Waals surface area contributed by atoms with E-state index in [4.69, 9.17) is 9.47 Å². The minimum Gasteiger partial charge on any atom is -0.494 e. The van der Waals surface area contributed by atoms with Crippen molar-refractivity contribution in [2.45, 2.75) is 45.3 Å². The summed E-state index contributed by atoms with van der Waals surface area (Å²) in [5, 5.41) is 6.65. The number of nitrogens with zero attached hydrogens (tertiary/aromatic N) is 1. The second-order valence-corrected chi connectivity index (χ2v) is 5.79. The van der Waals surface area contributed by atoms with E-state index in [2.05, 4.69) is 34.7 Å². The zero-order valence-electron chi connectivity index (χ0n) is 14.3. The van der Waals surface area contributed by atoms with Gasteiger partial charge in [-0.1, -0.05) is 25.5 Å². The molecule has 1 fully saturated rings. The molecule has 5 nitrogen and oxygen atoms in total. The molecule has 2 N–H and O–H groups in total. The van der Waals surface area contributed by atoms with Crippen molar-refractivity contribution < 1.29 is 9.47 Å². The van der Waals surface area contributed by atoms with Gasteiger partial charge in [0.2, 0.25) is 0 Å². The molecule has 0 spiro atoms. The summed E-state index contributed by atoms with van der Waals surface area (Å²) >= 11 is 0. The lowest BCUT2D eigenvalue weighted by molar-refractivity contribution is 0.114. The van der Waals surface area contributed by atoms with Gasteiger partial charge in [0.15, 0.2) is 5.96 Å². The fourth-order valence-electron chi connectivity index (χ4n) is 2.50. The first-order valence-electron chi connectivity index (χ1n) is 8.59. The highest BCUT2D eigenvalue weighted by Crippen LogP contribution is 2.14. The Kier molecular flexibility index (Phi) is 7.73.